The van der Waals surface area contributed by atoms with Gasteiger partial charge in [0.25, 0.3) is 0 Å². The fraction of sp³-hybridized carbons (Fsp3) is 0.643. The van der Waals surface area contributed by atoms with Gasteiger partial charge in [0.1, 0.15) is 5.82 Å². The van der Waals surface area contributed by atoms with E-state index in [0.717, 1.165) is 49.7 Å². The van der Waals surface area contributed by atoms with E-state index in [0.29, 0.717) is 11.1 Å². The quantitative estimate of drug-likeness (QED) is 0.811. The summed E-state index contributed by atoms with van der Waals surface area (Å²) in [6.45, 7) is 6.01. The maximum absolute atomic E-state index is 5.95. The van der Waals surface area contributed by atoms with Crippen molar-refractivity contribution in [1.82, 2.24) is 9.88 Å². The van der Waals surface area contributed by atoms with Crippen LogP contribution in [-0.4, -0.2) is 55.3 Å². The lowest BCUT2D eigenvalue weighted by Crippen LogP contribution is -2.49. The monoisotopic (exact) mass is 359 g/mol. The molecule has 2 fully saturated rings. The predicted molar refractivity (Wildman–Crippen MR) is 84.6 cm³/mol. The Balaban J connectivity index is 1.60. The lowest BCUT2D eigenvalue weighted by molar-refractivity contribution is 0.0114. The van der Waals surface area contributed by atoms with Gasteiger partial charge in [-0.1, -0.05) is 11.6 Å². The van der Waals surface area contributed by atoms with E-state index in [2.05, 4.69) is 30.7 Å². The summed E-state index contributed by atoms with van der Waals surface area (Å²) < 4.78 is 6.41. The number of piperidine rings is 1. The summed E-state index contributed by atoms with van der Waals surface area (Å²) in [6.07, 6.45) is 4.10. The van der Waals surface area contributed by atoms with Crippen molar-refractivity contribution in [2.45, 2.75) is 18.9 Å². The summed E-state index contributed by atoms with van der Waals surface area (Å²) in [5.74, 6) is 1.01. The van der Waals surface area contributed by atoms with Gasteiger partial charge in [-0.25, -0.2) is 4.98 Å². The first kappa shape index (κ1) is 14.6. The summed E-state index contributed by atoms with van der Waals surface area (Å²) in [4.78, 5) is 9.37. The summed E-state index contributed by atoms with van der Waals surface area (Å²) in [5, 5.41) is 0.670. The van der Waals surface area contributed by atoms with Crippen LogP contribution in [0.4, 0.5) is 5.82 Å². The van der Waals surface area contributed by atoms with E-state index in [1.165, 1.54) is 12.8 Å². The summed E-state index contributed by atoms with van der Waals surface area (Å²) in [7, 11) is 0. The topological polar surface area (TPSA) is 28.6 Å². The molecule has 6 heteroatoms. The fourth-order valence-electron chi connectivity index (χ4n) is 3.03. The van der Waals surface area contributed by atoms with Crippen molar-refractivity contribution in [3.05, 3.63) is 21.8 Å². The molecule has 0 saturated carbocycles. The largest absolute Gasteiger partial charge is 0.379 e. The maximum Gasteiger partial charge on any atom is 0.142 e. The van der Waals surface area contributed by atoms with E-state index in [9.17, 15) is 0 Å². The minimum absolute atomic E-state index is 0.670. The zero-order chi connectivity index (χ0) is 13.9. The number of nitrogens with zero attached hydrogens (tertiary/aromatic N) is 3. The second kappa shape index (κ2) is 6.60. The molecule has 2 saturated heterocycles. The zero-order valence-electron chi connectivity index (χ0n) is 11.4. The van der Waals surface area contributed by atoms with E-state index >= 15 is 0 Å². The summed E-state index contributed by atoms with van der Waals surface area (Å²) >= 11 is 9.51. The highest BCUT2D eigenvalue weighted by Gasteiger charge is 2.26. The predicted octanol–water partition coefficient (Wildman–Crippen LogP) is 2.80. The summed E-state index contributed by atoms with van der Waals surface area (Å²) in [6, 6.07) is 2.61. The van der Waals surface area contributed by atoms with Gasteiger partial charge in [-0.2, -0.15) is 0 Å². The van der Waals surface area contributed by atoms with E-state index < -0.39 is 0 Å². The SMILES string of the molecule is Clc1cnc(N2CCC(N3CCOCC3)CC2)c(Br)c1. The Labute approximate surface area is 133 Å². The first-order valence-corrected chi connectivity index (χ1v) is 8.29. The number of halogens is 2. The molecule has 4 nitrogen and oxygen atoms in total. The van der Waals surface area contributed by atoms with Crippen LogP contribution in [0, 0.1) is 0 Å². The highest BCUT2D eigenvalue weighted by atomic mass is 79.9. The van der Waals surface area contributed by atoms with Crippen LogP contribution in [0.2, 0.25) is 5.02 Å². The molecule has 0 aromatic carbocycles. The molecule has 0 bridgehead atoms. The molecular formula is C14H19BrClN3O. The van der Waals surface area contributed by atoms with Gasteiger partial charge in [0, 0.05) is 38.4 Å². The Morgan fingerprint density at radius 1 is 1.20 bits per heavy atom. The third kappa shape index (κ3) is 3.27. The molecule has 0 aliphatic carbocycles. The highest BCUT2D eigenvalue weighted by molar-refractivity contribution is 9.10. The molecule has 0 spiro atoms. The van der Waals surface area contributed by atoms with E-state index in [1.54, 1.807) is 6.20 Å². The molecule has 1 aromatic rings. The number of ether oxygens (including phenoxy) is 1. The average Bonchev–Trinajstić information content (AvgIpc) is 2.48. The lowest BCUT2D eigenvalue weighted by atomic mass is 10.0. The maximum atomic E-state index is 5.95. The second-order valence-electron chi connectivity index (χ2n) is 5.33. The molecule has 20 heavy (non-hydrogen) atoms. The van der Waals surface area contributed by atoms with Crippen molar-refractivity contribution < 1.29 is 4.74 Å². The standard InChI is InChI=1S/C14H19BrClN3O/c15-13-9-11(16)10-17-14(13)19-3-1-12(2-4-19)18-5-7-20-8-6-18/h9-10,12H,1-8H2. The molecular weight excluding hydrogens is 342 g/mol. The van der Waals surface area contributed by atoms with E-state index in [1.807, 2.05) is 6.07 Å². The molecule has 110 valence electrons. The number of anilines is 1. The Hall–Kier alpha value is -0.360. The van der Waals surface area contributed by atoms with Crippen molar-refractivity contribution in [3.63, 3.8) is 0 Å². The van der Waals surface area contributed by atoms with Gasteiger partial charge in [-0.3, -0.25) is 4.90 Å². The second-order valence-corrected chi connectivity index (χ2v) is 6.62. The van der Waals surface area contributed by atoms with Crippen molar-refractivity contribution in [1.29, 1.82) is 0 Å². The van der Waals surface area contributed by atoms with Crippen LogP contribution in [0.1, 0.15) is 12.8 Å². The fourth-order valence-corrected chi connectivity index (χ4v) is 3.91. The lowest BCUT2D eigenvalue weighted by Gasteiger charge is -2.40. The molecule has 0 amide bonds. The molecule has 2 aliphatic rings. The third-order valence-electron chi connectivity index (χ3n) is 4.11. The van der Waals surface area contributed by atoms with E-state index in [-0.39, 0.29) is 0 Å². The first-order valence-electron chi connectivity index (χ1n) is 7.12. The minimum Gasteiger partial charge on any atom is -0.379 e. The molecule has 0 unspecified atom stereocenters. The van der Waals surface area contributed by atoms with Crippen LogP contribution in [0.5, 0.6) is 0 Å². The van der Waals surface area contributed by atoms with Crippen LogP contribution >= 0.6 is 27.5 Å². The van der Waals surface area contributed by atoms with Gasteiger partial charge in [0.15, 0.2) is 0 Å². The van der Waals surface area contributed by atoms with Crippen molar-refractivity contribution in [3.8, 4) is 0 Å². The van der Waals surface area contributed by atoms with Crippen LogP contribution in [0.15, 0.2) is 16.7 Å². The van der Waals surface area contributed by atoms with Crippen molar-refractivity contribution in [2.24, 2.45) is 0 Å². The van der Waals surface area contributed by atoms with Crippen molar-refractivity contribution in [2.75, 3.05) is 44.3 Å². The normalized spacial score (nSPS) is 22.2. The minimum atomic E-state index is 0.670. The molecule has 0 radical (unpaired) electrons. The smallest absolute Gasteiger partial charge is 0.142 e. The van der Waals surface area contributed by atoms with Crippen LogP contribution in [0.25, 0.3) is 0 Å². The average molecular weight is 361 g/mol. The van der Waals surface area contributed by atoms with Crippen molar-refractivity contribution >= 4 is 33.3 Å². The number of aromatic nitrogens is 1. The Bertz CT molecular complexity index is 460. The van der Waals surface area contributed by atoms with Gasteiger partial charge in [-0.15, -0.1) is 0 Å². The molecule has 3 rings (SSSR count). The number of pyridine rings is 1. The van der Waals surface area contributed by atoms with Crippen LogP contribution in [0.3, 0.4) is 0 Å². The number of hydrogen-bond acceptors (Lipinski definition) is 4. The zero-order valence-corrected chi connectivity index (χ0v) is 13.7. The number of rotatable bonds is 2. The summed E-state index contributed by atoms with van der Waals surface area (Å²) in [5.41, 5.74) is 0. The van der Waals surface area contributed by atoms with Gasteiger partial charge in [-0.05, 0) is 34.8 Å². The molecule has 0 atom stereocenters. The Morgan fingerprint density at radius 2 is 1.90 bits per heavy atom. The van der Waals surface area contributed by atoms with Gasteiger partial charge in [0.05, 0.1) is 22.7 Å². The third-order valence-corrected chi connectivity index (χ3v) is 4.90. The van der Waals surface area contributed by atoms with Crippen LogP contribution < -0.4 is 4.90 Å². The Kier molecular flexibility index (Phi) is 4.81. The van der Waals surface area contributed by atoms with Gasteiger partial charge < -0.3 is 9.64 Å². The number of morpholine rings is 1. The number of hydrogen-bond donors (Lipinski definition) is 0. The molecule has 3 heterocycles. The van der Waals surface area contributed by atoms with Crippen LogP contribution in [-0.2, 0) is 4.74 Å². The Morgan fingerprint density at radius 3 is 2.55 bits per heavy atom. The first-order chi connectivity index (χ1) is 9.74. The molecule has 2 aliphatic heterocycles. The van der Waals surface area contributed by atoms with Gasteiger partial charge in [0.2, 0.25) is 0 Å². The molecule has 0 N–H and O–H groups in total. The van der Waals surface area contributed by atoms with Gasteiger partial charge >= 0.3 is 0 Å². The van der Waals surface area contributed by atoms with E-state index in [4.69, 9.17) is 16.3 Å². The molecule has 1 aromatic heterocycles. The highest BCUT2D eigenvalue weighted by Crippen LogP contribution is 2.29.